The highest BCUT2D eigenvalue weighted by Gasteiger charge is 2.13. The van der Waals surface area contributed by atoms with E-state index < -0.39 is 0 Å². The number of fused-ring (bicyclic) bond motifs is 1. The Kier molecular flexibility index (Phi) is 5.36. The van der Waals surface area contributed by atoms with E-state index in [9.17, 15) is 9.18 Å². The van der Waals surface area contributed by atoms with Crippen LogP contribution in [0.2, 0.25) is 0 Å². The number of rotatable bonds is 6. The summed E-state index contributed by atoms with van der Waals surface area (Å²) in [6.45, 7) is 1.13. The fourth-order valence-corrected chi connectivity index (χ4v) is 2.65. The van der Waals surface area contributed by atoms with Crippen LogP contribution in [-0.4, -0.2) is 31.2 Å². The molecule has 1 N–H and O–H groups in total. The first kappa shape index (κ1) is 17.0. The molecule has 4 nitrogen and oxygen atoms in total. The van der Waals surface area contributed by atoms with E-state index in [1.807, 2.05) is 24.3 Å². The van der Waals surface area contributed by atoms with E-state index >= 15 is 0 Å². The molecule has 1 amide bonds. The summed E-state index contributed by atoms with van der Waals surface area (Å²) in [5, 5.41) is 3.70. The van der Waals surface area contributed by atoms with Gasteiger partial charge in [0.15, 0.2) is 0 Å². The van der Waals surface area contributed by atoms with Crippen molar-refractivity contribution >= 4 is 16.8 Å². The number of hydrogen-bond acceptors (Lipinski definition) is 3. The number of halogens is 1. The van der Waals surface area contributed by atoms with E-state index in [4.69, 9.17) is 4.74 Å². The predicted octanol–water partition coefficient (Wildman–Crippen LogP) is 3.81. The molecule has 0 unspecified atom stereocenters. The molecule has 0 fully saturated rings. The minimum atomic E-state index is -0.305. The van der Waals surface area contributed by atoms with Gasteiger partial charge >= 0.3 is 0 Å². The van der Waals surface area contributed by atoms with Crippen LogP contribution in [0, 0.1) is 5.82 Å². The number of amides is 1. The van der Waals surface area contributed by atoms with Crippen LogP contribution in [0.1, 0.15) is 16.8 Å². The summed E-state index contributed by atoms with van der Waals surface area (Å²) in [6, 6.07) is 15.3. The molecule has 0 saturated carbocycles. The van der Waals surface area contributed by atoms with Crippen LogP contribution >= 0.6 is 0 Å². The van der Waals surface area contributed by atoms with Crippen LogP contribution in [0.3, 0.4) is 0 Å². The molecule has 3 rings (SSSR count). The number of nitrogens with one attached hydrogen (secondary N) is 1. The van der Waals surface area contributed by atoms with Gasteiger partial charge in [0.25, 0.3) is 5.91 Å². The number of para-hydroxylation sites is 1. The molecule has 128 valence electrons. The van der Waals surface area contributed by atoms with Gasteiger partial charge in [-0.05, 0) is 42.8 Å². The van der Waals surface area contributed by atoms with Crippen molar-refractivity contribution in [1.29, 1.82) is 0 Å². The molecule has 0 atom stereocenters. The lowest BCUT2D eigenvalue weighted by Gasteiger charge is -2.10. The normalized spacial score (nSPS) is 10.8. The quantitative estimate of drug-likeness (QED) is 0.696. The highest BCUT2D eigenvalue weighted by Crippen LogP contribution is 2.25. The first-order valence-corrected chi connectivity index (χ1v) is 8.12. The average molecular weight is 338 g/mol. The summed E-state index contributed by atoms with van der Waals surface area (Å²) >= 11 is 0. The van der Waals surface area contributed by atoms with Crippen LogP contribution < -0.4 is 5.32 Å². The van der Waals surface area contributed by atoms with E-state index in [0.717, 1.165) is 22.9 Å². The number of nitrogens with zero attached hydrogens (tertiary/aromatic N) is 1. The van der Waals surface area contributed by atoms with Crippen LogP contribution in [-0.2, 0) is 4.74 Å². The van der Waals surface area contributed by atoms with Gasteiger partial charge in [-0.25, -0.2) is 9.37 Å². The van der Waals surface area contributed by atoms with Crippen molar-refractivity contribution in [2.75, 3.05) is 20.3 Å². The van der Waals surface area contributed by atoms with Gasteiger partial charge in [-0.15, -0.1) is 0 Å². The number of aromatic nitrogens is 1. The van der Waals surface area contributed by atoms with Gasteiger partial charge < -0.3 is 10.1 Å². The number of benzene rings is 2. The number of carbonyl (C=O) groups excluding carboxylic acids is 1. The van der Waals surface area contributed by atoms with E-state index in [-0.39, 0.29) is 11.7 Å². The zero-order chi connectivity index (χ0) is 17.6. The summed E-state index contributed by atoms with van der Waals surface area (Å²) in [7, 11) is 1.63. The maximum atomic E-state index is 13.2. The Morgan fingerprint density at radius 2 is 1.92 bits per heavy atom. The van der Waals surface area contributed by atoms with Crippen molar-refractivity contribution in [3.63, 3.8) is 0 Å². The molecule has 25 heavy (non-hydrogen) atoms. The molecule has 2 aromatic carbocycles. The number of methoxy groups -OCH3 is 1. The van der Waals surface area contributed by atoms with Crippen molar-refractivity contribution in [3.8, 4) is 11.3 Å². The van der Waals surface area contributed by atoms with Gasteiger partial charge in [0.2, 0.25) is 0 Å². The Hall–Kier alpha value is -2.79. The second-order valence-electron chi connectivity index (χ2n) is 5.68. The minimum Gasteiger partial charge on any atom is -0.385 e. The van der Waals surface area contributed by atoms with E-state index in [0.29, 0.717) is 24.4 Å². The summed E-state index contributed by atoms with van der Waals surface area (Å²) in [4.78, 5) is 17.2. The Bertz CT molecular complexity index is 879. The molecular weight excluding hydrogens is 319 g/mol. The van der Waals surface area contributed by atoms with Gasteiger partial charge in [-0.3, -0.25) is 4.79 Å². The molecular formula is C20H19FN2O2. The van der Waals surface area contributed by atoms with E-state index in [1.165, 1.54) is 12.1 Å². The molecule has 0 aliphatic carbocycles. The fourth-order valence-electron chi connectivity index (χ4n) is 2.65. The predicted molar refractivity (Wildman–Crippen MR) is 96.0 cm³/mol. The zero-order valence-electron chi connectivity index (χ0n) is 14.0. The van der Waals surface area contributed by atoms with Crippen molar-refractivity contribution in [3.05, 3.63) is 66.0 Å². The number of pyridine rings is 1. The number of carbonyl (C=O) groups is 1. The lowest BCUT2D eigenvalue weighted by molar-refractivity contribution is 0.0950. The molecule has 1 heterocycles. The van der Waals surface area contributed by atoms with Gasteiger partial charge in [0, 0.05) is 31.2 Å². The standard InChI is InChI=1S/C20H19FN2O2/c1-25-12-4-11-22-20(24)17-13-19(14-7-9-15(21)10-8-14)23-18-6-3-2-5-16(17)18/h2-3,5-10,13H,4,11-12H2,1H3,(H,22,24). The van der Waals surface area contributed by atoms with Crippen LogP contribution in [0.25, 0.3) is 22.2 Å². The third-order valence-corrected chi connectivity index (χ3v) is 3.91. The lowest BCUT2D eigenvalue weighted by Crippen LogP contribution is -2.25. The van der Waals surface area contributed by atoms with Gasteiger partial charge in [0.05, 0.1) is 16.8 Å². The Labute approximate surface area is 145 Å². The maximum absolute atomic E-state index is 13.2. The third-order valence-electron chi connectivity index (χ3n) is 3.91. The van der Waals surface area contributed by atoms with E-state index in [1.54, 1.807) is 25.3 Å². The average Bonchev–Trinajstić information content (AvgIpc) is 2.65. The molecule has 5 heteroatoms. The molecule has 0 bridgehead atoms. The van der Waals surface area contributed by atoms with Gasteiger partial charge in [-0.1, -0.05) is 18.2 Å². The highest BCUT2D eigenvalue weighted by atomic mass is 19.1. The third kappa shape index (κ3) is 4.00. The zero-order valence-corrected chi connectivity index (χ0v) is 14.0. The minimum absolute atomic E-state index is 0.155. The Morgan fingerprint density at radius 1 is 1.16 bits per heavy atom. The number of ether oxygens (including phenoxy) is 1. The highest BCUT2D eigenvalue weighted by molar-refractivity contribution is 6.07. The second-order valence-corrected chi connectivity index (χ2v) is 5.68. The first-order valence-electron chi connectivity index (χ1n) is 8.12. The molecule has 0 aliphatic rings. The SMILES string of the molecule is COCCCNC(=O)c1cc(-c2ccc(F)cc2)nc2ccccc12. The monoisotopic (exact) mass is 338 g/mol. The summed E-state index contributed by atoms with van der Waals surface area (Å²) in [5.74, 6) is -0.460. The molecule has 1 aromatic heterocycles. The van der Waals surface area contributed by atoms with Gasteiger partial charge in [-0.2, -0.15) is 0 Å². The second kappa shape index (κ2) is 7.85. The summed E-state index contributed by atoms with van der Waals surface area (Å²) in [6.07, 6.45) is 0.746. The molecule has 0 aliphatic heterocycles. The molecule has 0 radical (unpaired) electrons. The molecule has 3 aromatic rings. The van der Waals surface area contributed by atoms with Gasteiger partial charge in [0.1, 0.15) is 5.82 Å². The smallest absolute Gasteiger partial charge is 0.252 e. The van der Waals surface area contributed by atoms with Crippen molar-refractivity contribution in [2.24, 2.45) is 0 Å². The Balaban J connectivity index is 1.98. The van der Waals surface area contributed by atoms with Crippen molar-refractivity contribution in [1.82, 2.24) is 10.3 Å². The first-order chi connectivity index (χ1) is 12.2. The molecule has 0 spiro atoms. The summed E-state index contributed by atoms with van der Waals surface area (Å²) < 4.78 is 18.2. The molecule has 0 saturated heterocycles. The van der Waals surface area contributed by atoms with E-state index in [2.05, 4.69) is 10.3 Å². The Morgan fingerprint density at radius 3 is 2.68 bits per heavy atom. The van der Waals surface area contributed by atoms with Crippen LogP contribution in [0.4, 0.5) is 4.39 Å². The fraction of sp³-hybridized carbons (Fsp3) is 0.200. The topological polar surface area (TPSA) is 51.2 Å². The van der Waals surface area contributed by atoms with Crippen LogP contribution in [0.15, 0.2) is 54.6 Å². The largest absolute Gasteiger partial charge is 0.385 e. The number of hydrogen-bond donors (Lipinski definition) is 1. The summed E-state index contributed by atoms with van der Waals surface area (Å²) in [5.41, 5.74) is 2.69. The lowest BCUT2D eigenvalue weighted by atomic mass is 10.0. The van der Waals surface area contributed by atoms with Crippen molar-refractivity contribution in [2.45, 2.75) is 6.42 Å². The maximum Gasteiger partial charge on any atom is 0.252 e. The van der Waals surface area contributed by atoms with Crippen molar-refractivity contribution < 1.29 is 13.9 Å². The van der Waals surface area contributed by atoms with Crippen LogP contribution in [0.5, 0.6) is 0 Å².